The molecule has 5 rings (SSSR count). The average Bonchev–Trinajstić information content (AvgIpc) is 3.18. The Morgan fingerprint density at radius 1 is 1.00 bits per heavy atom. The van der Waals surface area contributed by atoms with Gasteiger partial charge in [-0.1, -0.05) is 18.2 Å². The molecule has 3 aliphatic heterocycles. The van der Waals surface area contributed by atoms with Crippen molar-refractivity contribution in [1.29, 1.82) is 0 Å². The van der Waals surface area contributed by atoms with Crippen LogP contribution < -0.4 is 15.8 Å². The van der Waals surface area contributed by atoms with Gasteiger partial charge in [0.2, 0.25) is 5.91 Å². The van der Waals surface area contributed by atoms with Gasteiger partial charge in [-0.05, 0) is 35.9 Å². The van der Waals surface area contributed by atoms with Gasteiger partial charge in [0.1, 0.15) is 11.9 Å². The van der Waals surface area contributed by atoms with Crippen LogP contribution in [-0.2, 0) is 4.79 Å². The summed E-state index contributed by atoms with van der Waals surface area (Å²) in [6.07, 6.45) is 0. The second-order valence-corrected chi connectivity index (χ2v) is 8.61. The molecular formula is C21H23FN4OS. The summed E-state index contributed by atoms with van der Waals surface area (Å²) in [6.45, 7) is 2.91. The van der Waals surface area contributed by atoms with Crippen LogP contribution in [0.3, 0.4) is 0 Å². The molecule has 3 heterocycles. The number of thioether (sulfide) groups is 1. The average molecular weight is 399 g/mol. The van der Waals surface area contributed by atoms with Gasteiger partial charge in [-0.25, -0.2) is 15.2 Å². The van der Waals surface area contributed by atoms with Crippen molar-refractivity contribution >= 4 is 23.4 Å². The van der Waals surface area contributed by atoms with Gasteiger partial charge in [-0.3, -0.25) is 4.79 Å². The number of piperazine rings is 1. The molecule has 146 valence electrons. The molecule has 3 aliphatic rings. The molecule has 0 aromatic heterocycles. The molecule has 7 heteroatoms. The number of rotatable bonds is 2. The second kappa shape index (κ2) is 7.39. The number of nitrogens with one attached hydrogen (secondary N) is 2. The van der Waals surface area contributed by atoms with Crippen molar-refractivity contribution < 1.29 is 9.18 Å². The standard InChI is InChI=1S/C21H23FN4OS/c22-14-5-7-15(8-6-14)25-9-11-26(12-10-25)21(27)20-17-13-28-18-4-2-1-3-16(18)19(17)23-24-20/h1-8,17,19-20,23-24H,9-13H2. The van der Waals surface area contributed by atoms with E-state index >= 15 is 0 Å². The Bertz CT molecular complexity index is 869. The topological polar surface area (TPSA) is 47.6 Å². The number of hydrogen-bond acceptors (Lipinski definition) is 5. The van der Waals surface area contributed by atoms with Crippen LogP contribution in [0.4, 0.5) is 10.1 Å². The lowest BCUT2D eigenvalue weighted by molar-refractivity contribution is -0.134. The van der Waals surface area contributed by atoms with E-state index < -0.39 is 0 Å². The third-order valence-corrected chi connectivity index (χ3v) is 7.22. The lowest BCUT2D eigenvalue weighted by Crippen LogP contribution is -2.55. The van der Waals surface area contributed by atoms with Crippen LogP contribution in [0, 0.1) is 11.7 Å². The molecule has 0 spiro atoms. The highest BCUT2D eigenvalue weighted by Gasteiger charge is 2.45. The summed E-state index contributed by atoms with van der Waals surface area (Å²) in [4.78, 5) is 18.7. The van der Waals surface area contributed by atoms with Crippen molar-refractivity contribution in [2.45, 2.75) is 17.0 Å². The second-order valence-electron chi connectivity index (χ2n) is 7.55. The maximum absolute atomic E-state index is 13.2. The van der Waals surface area contributed by atoms with E-state index in [2.05, 4.69) is 40.0 Å². The minimum absolute atomic E-state index is 0.179. The minimum Gasteiger partial charge on any atom is -0.368 e. The van der Waals surface area contributed by atoms with Gasteiger partial charge in [-0.2, -0.15) is 0 Å². The monoisotopic (exact) mass is 398 g/mol. The van der Waals surface area contributed by atoms with Crippen molar-refractivity contribution in [3.05, 3.63) is 59.9 Å². The van der Waals surface area contributed by atoms with E-state index in [1.165, 1.54) is 22.6 Å². The van der Waals surface area contributed by atoms with Crippen LogP contribution in [0.25, 0.3) is 0 Å². The zero-order chi connectivity index (χ0) is 19.1. The van der Waals surface area contributed by atoms with Crippen molar-refractivity contribution in [2.75, 3.05) is 36.8 Å². The molecule has 0 bridgehead atoms. The zero-order valence-corrected chi connectivity index (χ0v) is 16.3. The first kappa shape index (κ1) is 18.0. The molecule has 1 amide bonds. The highest BCUT2D eigenvalue weighted by Crippen LogP contribution is 2.43. The van der Waals surface area contributed by atoms with E-state index in [-0.39, 0.29) is 29.7 Å². The first-order valence-electron chi connectivity index (χ1n) is 9.73. The van der Waals surface area contributed by atoms with Gasteiger partial charge in [-0.15, -0.1) is 11.8 Å². The first-order chi connectivity index (χ1) is 13.7. The Morgan fingerprint density at radius 2 is 1.75 bits per heavy atom. The Labute approximate surface area is 168 Å². The number of anilines is 1. The van der Waals surface area contributed by atoms with Crippen molar-refractivity contribution in [3.8, 4) is 0 Å². The molecule has 3 unspecified atom stereocenters. The van der Waals surface area contributed by atoms with Crippen molar-refractivity contribution in [1.82, 2.24) is 15.8 Å². The quantitative estimate of drug-likeness (QED) is 0.814. The molecule has 28 heavy (non-hydrogen) atoms. The summed E-state index contributed by atoms with van der Waals surface area (Å²) in [5.74, 6) is 1.15. The van der Waals surface area contributed by atoms with E-state index in [0.29, 0.717) is 13.1 Å². The molecule has 0 radical (unpaired) electrons. The molecule has 0 aliphatic carbocycles. The van der Waals surface area contributed by atoms with Crippen LogP contribution >= 0.6 is 11.8 Å². The molecule has 0 saturated carbocycles. The normalized spacial score (nSPS) is 26.7. The maximum atomic E-state index is 13.2. The SMILES string of the molecule is O=C(C1NNC2c3ccccc3SCC12)N1CCN(c2ccc(F)cc2)CC1. The number of halogens is 1. The van der Waals surface area contributed by atoms with Crippen LogP contribution in [0.2, 0.25) is 0 Å². The van der Waals surface area contributed by atoms with E-state index in [9.17, 15) is 9.18 Å². The van der Waals surface area contributed by atoms with E-state index in [0.717, 1.165) is 24.5 Å². The van der Waals surface area contributed by atoms with E-state index in [1.807, 2.05) is 16.7 Å². The summed E-state index contributed by atoms with van der Waals surface area (Å²) < 4.78 is 13.1. The summed E-state index contributed by atoms with van der Waals surface area (Å²) in [5.41, 5.74) is 8.94. The summed E-state index contributed by atoms with van der Waals surface area (Å²) >= 11 is 1.84. The summed E-state index contributed by atoms with van der Waals surface area (Å²) in [6, 6.07) is 15.0. The number of benzene rings is 2. The van der Waals surface area contributed by atoms with Gasteiger partial charge in [0.25, 0.3) is 0 Å². The van der Waals surface area contributed by atoms with Gasteiger partial charge < -0.3 is 9.80 Å². The molecule has 2 saturated heterocycles. The number of carbonyl (C=O) groups excluding carboxylic acids is 1. The predicted molar refractivity (Wildman–Crippen MR) is 109 cm³/mol. The lowest BCUT2D eigenvalue weighted by Gasteiger charge is -2.38. The zero-order valence-electron chi connectivity index (χ0n) is 15.5. The molecule has 2 N–H and O–H groups in total. The number of fused-ring (bicyclic) bond motifs is 3. The number of carbonyl (C=O) groups is 1. The Hall–Kier alpha value is -2.09. The molecule has 3 atom stereocenters. The smallest absolute Gasteiger partial charge is 0.241 e. The van der Waals surface area contributed by atoms with Crippen molar-refractivity contribution in [2.24, 2.45) is 5.92 Å². The van der Waals surface area contributed by atoms with E-state index in [1.54, 1.807) is 12.1 Å². The van der Waals surface area contributed by atoms with Crippen LogP contribution in [0.15, 0.2) is 53.4 Å². The first-order valence-corrected chi connectivity index (χ1v) is 10.7. The van der Waals surface area contributed by atoms with Gasteiger partial charge >= 0.3 is 0 Å². The minimum atomic E-state index is -0.223. The van der Waals surface area contributed by atoms with Gasteiger partial charge in [0, 0.05) is 48.4 Å². The Morgan fingerprint density at radius 3 is 2.54 bits per heavy atom. The van der Waals surface area contributed by atoms with Gasteiger partial charge in [0.05, 0.1) is 6.04 Å². The molecule has 2 aromatic carbocycles. The molecule has 2 fully saturated rings. The predicted octanol–water partition coefficient (Wildman–Crippen LogP) is 2.41. The Kier molecular flexibility index (Phi) is 4.74. The third-order valence-electron chi connectivity index (χ3n) is 5.99. The van der Waals surface area contributed by atoms with E-state index in [4.69, 9.17) is 0 Å². The summed E-state index contributed by atoms with van der Waals surface area (Å²) in [5, 5.41) is 0. The fourth-order valence-corrected chi connectivity index (χ4v) is 5.71. The van der Waals surface area contributed by atoms with Crippen LogP contribution in [-0.4, -0.2) is 48.8 Å². The van der Waals surface area contributed by atoms with Crippen LogP contribution in [0.1, 0.15) is 11.6 Å². The largest absolute Gasteiger partial charge is 0.368 e. The lowest BCUT2D eigenvalue weighted by atomic mass is 9.89. The fraction of sp³-hybridized carbons (Fsp3) is 0.381. The number of amides is 1. The highest BCUT2D eigenvalue weighted by atomic mass is 32.2. The highest BCUT2D eigenvalue weighted by molar-refractivity contribution is 7.99. The Balaban J connectivity index is 1.24. The maximum Gasteiger partial charge on any atom is 0.241 e. The van der Waals surface area contributed by atoms with Crippen LogP contribution in [0.5, 0.6) is 0 Å². The van der Waals surface area contributed by atoms with Gasteiger partial charge in [0.15, 0.2) is 0 Å². The fourth-order valence-electron chi connectivity index (χ4n) is 4.42. The number of hydrogen-bond donors (Lipinski definition) is 2. The summed E-state index contributed by atoms with van der Waals surface area (Å²) in [7, 11) is 0. The molecule has 5 nitrogen and oxygen atoms in total. The van der Waals surface area contributed by atoms with Crippen molar-refractivity contribution in [3.63, 3.8) is 0 Å². The number of nitrogens with zero attached hydrogens (tertiary/aromatic N) is 2. The molecule has 2 aromatic rings. The molecular weight excluding hydrogens is 375 g/mol. The number of hydrazine groups is 1. The third kappa shape index (κ3) is 3.17.